The zero-order valence-corrected chi connectivity index (χ0v) is 13.8. The SMILES string of the molecule is CCOC(=O)CSC1=NC2C(C(=O)NC(=O)N2C)N1C(C)C. The van der Waals surface area contributed by atoms with Crippen molar-refractivity contribution in [1.29, 1.82) is 0 Å². The maximum Gasteiger partial charge on any atom is 0.325 e. The number of fused-ring (bicyclic) bond motifs is 1. The van der Waals surface area contributed by atoms with Gasteiger partial charge in [0.25, 0.3) is 5.91 Å². The first-order valence-electron chi connectivity index (χ1n) is 7.09. The van der Waals surface area contributed by atoms with Gasteiger partial charge in [-0.05, 0) is 20.8 Å². The van der Waals surface area contributed by atoms with E-state index in [2.05, 4.69) is 10.3 Å². The maximum absolute atomic E-state index is 12.2. The molecule has 0 aliphatic carbocycles. The molecule has 2 aliphatic heterocycles. The maximum atomic E-state index is 12.2. The van der Waals surface area contributed by atoms with Crippen LogP contribution in [0.3, 0.4) is 0 Å². The molecule has 0 spiro atoms. The first-order valence-corrected chi connectivity index (χ1v) is 8.07. The van der Waals surface area contributed by atoms with Gasteiger partial charge in [-0.2, -0.15) is 0 Å². The lowest BCUT2D eigenvalue weighted by Gasteiger charge is -2.37. The topological polar surface area (TPSA) is 91.3 Å². The molecule has 0 radical (unpaired) electrons. The number of nitrogens with zero attached hydrogens (tertiary/aromatic N) is 3. The third-order valence-electron chi connectivity index (χ3n) is 3.44. The summed E-state index contributed by atoms with van der Waals surface area (Å²) in [6.45, 7) is 5.94. The minimum atomic E-state index is -0.563. The van der Waals surface area contributed by atoms with Crippen LogP contribution in [0, 0.1) is 0 Å². The van der Waals surface area contributed by atoms with E-state index in [1.165, 1.54) is 16.7 Å². The summed E-state index contributed by atoms with van der Waals surface area (Å²) < 4.78 is 4.90. The summed E-state index contributed by atoms with van der Waals surface area (Å²) in [6, 6.07) is -1.02. The number of nitrogens with one attached hydrogen (secondary N) is 1. The second-order valence-corrected chi connectivity index (χ2v) is 6.21. The van der Waals surface area contributed by atoms with Crippen molar-refractivity contribution >= 4 is 34.8 Å². The smallest absolute Gasteiger partial charge is 0.325 e. The Balaban J connectivity index is 2.18. The van der Waals surface area contributed by atoms with Crippen LogP contribution in [0.2, 0.25) is 0 Å². The molecule has 2 unspecified atom stereocenters. The Morgan fingerprint density at radius 2 is 2.14 bits per heavy atom. The van der Waals surface area contributed by atoms with Crippen molar-refractivity contribution in [2.45, 2.75) is 39.0 Å². The van der Waals surface area contributed by atoms with E-state index in [0.29, 0.717) is 11.8 Å². The van der Waals surface area contributed by atoms with E-state index in [4.69, 9.17) is 4.74 Å². The Morgan fingerprint density at radius 3 is 2.73 bits per heavy atom. The van der Waals surface area contributed by atoms with Gasteiger partial charge in [-0.3, -0.25) is 14.9 Å². The lowest BCUT2D eigenvalue weighted by molar-refractivity contribution is -0.139. The van der Waals surface area contributed by atoms with Crippen molar-refractivity contribution in [2.24, 2.45) is 4.99 Å². The first-order chi connectivity index (χ1) is 10.4. The molecule has 122 valence electrons. The zero-order chi connectivity index (χ0) is 16.4. The summed E-state index contributed by atoms with van der Waals surface area (Å²) >= 11 is 1.22. The van der Waals surface area contributed by atoms with Crippen molar-refractivity contribution in [2.75, 3.05) is 19.4 Å². The molecule has 1 fully saturated rings. The number of urea groups is 1. The number of carbonyl (C=O) groups is 3. The molecule has 2 rings (SSSR count). The molecule has 0 aromatic carbocycles. The number of aliphatic imine (C=N–C) groups is 1. The van der Waals surface area contributed by atoms with Gasteiger partial charge in [0.2, 0.25) is 0 Å². The van der Waals surface area contributed by atoms with Crippen LogP contribution in [-0.2, 0) is 14.3 Å². The summed E-state index contributed by atoms with van der Waals surface area (Å²) in [4.78, 5) is 43.1. The Kier molecular flexibility index (Phi) is 4.94. The first kappa shape index (κ1) is 16.6. The van der Waals surface area contributed by atoms with Crippen molar-refractivity contribution in [3.8, 4) is 0 Å². The fraction of sp³-hybridized carbons (Fsp3) is 0.692. The fourth-order valence-electron chi connectivity index (χ4n) is 2.44. The van der Waals surface area contributed by atoms with Crippen molar-refractivity contribution in [3.63, 3.8) is 0 Å². The van der Waals surface area contributed by atoms with Gasteiger partial charge in [0, 0.05) is 13.1 Å². The average molecular weight is 328 g/mol. The highest BCUT2D eigenvalue weighted by Gasteiger charge is 2.49. The van der Waals surface area contributed by atoms with Gasteiger partial charge in [0.1, 0.15) is 0 Å². The summed E-state index contributed by atoms with van der Waals surface area (Å²) in [5.74, 6) is -0.575. The van der Waals surface area contributed by atoms with Crippen LogP contribution >= 0.6 is 11.8 Å². The molecular weight excluding hydrogens is 308 g/mol. The molecule has 1 N–H and O–H groups in total. The van der Waals surface area contributed by atoms with E-state index in [0.717, 1.165) is 0 Å². The quantitative estimate of drug-likeness (QED) is 0.743. The van der Waals surface area contributed by atoms with Crippen LogP contribution in [0.15, 0.2) is 4.99 Å². The van der Waals surface area contributed by atoms with Crippen LogP contribution in [0.1, 0.15) is 20.8 Å². The van der Waals surface area contributed by atoms with Crippen LogP contribution in [0.25, 0.3) is 0 Å². The highest BCUT2D eigenvalue weighted by Crippen LogP contribution is 2.30. The van der Waals surface area contributed by atoms with E-state index in [-0.39, 0.29) is 23.7 Å². The van der Waals surface area contributed by atoms with Gasteiger partial charge in [-0.25, -0.2) is 9.79 Å². The minimum Gasteiger partial charge on any atom is -0.465 e. The van der Waals surface area contributed by atoms with E-state index >= 15 is 0 Å². The number of thioether (sulfide) groups is 1. The number of amides is 3. The molecule has 2 aliphatic rings. The van der Waals surface area contributed by atoms with Crippen molar-refractivity contribution in [3.05, 3.63) is 0 Å². The standard InChI is InChI=1S/C13H20N4O4S/c1-5-21-8(18)6-22-13-14-10-9(17(13)7(2)3)11(19)15-12(20)16(10)4/h7,9-10H,5-6H2,1-4H3,(H,15,19,20). The Hall–Kier alpha value is -1.77. The number of rotatable bonds is 4. The third kappa shape index (κ3) is 3.03. The van der Waals surface area contributed by atoms with Crippen LogP contribution in [0.4, 0.5) is 4.79 Å². The van der Waals surface area contributed by atoms with Gasteiger partial charge < -0.3 is 14.5 Å². The molecule has 9 heteroatoms. The molecule has 0 saturated carbocycles. The molecule has 1 saturated heterocycles. The molecule has 3 amide bonds. The largest absolute Gasteiger partial charge is 0.465 e. The number of hydrogen-bond acceptors (Lipinski definition) is 7. The van der Waals surface area contributed by atoms with E-state index in [1.807, 2.05) is 18.7 Å². The zero-order valence-electron chi connectivity index (χ0n) is 13.0. The molecule has 2 heterocycles. The van der Waals surface area contributed by atoms with Crippen molar-refractivity contribution in [1.82, 2.24) is 15.1 Å². The van der Waals surface area contributed by atoms with Crippen molar-refractivity contribution < 1.29 is 19.1 Å². The monoisotopic (exact) mass is 328 g/mol. The second kappa shape index (κ2) is 6.55. The van der Waals surface area contributed by atoms with Gasteiger partial charge in [-0.1, -0.05) is 11.8 Å². The van der Waals surface area contributed by atoms with Gasteiger partial charge in [0.05, 0.1) is 12.4 Å². The normalized spacial score (nSPS) is 24.3. The second-order valence-electron chi connectivity index (χ2n) is 5.27. The number of carbonyl (C=O) groups excluding carboxylic acids is 3. The number of likely N-dealkylation sites (N-methyl/N-ethyl adjacent to an activating group) is 1. The number of amidine groups is 1. The number of hydrogen-bond donors (Lipinski definition) is 1. The highest BCUT2D eigenvalue weighted by molar-refractivity contribution is 8.14. The van der Waals surface area contributed by atoms with Gasteiger partial charge in [-0.15, -0.1) is 0 Å². The van der Waals surface area contributed by atoms with Gasteiger partial charge in [0.15, 0.2) is 17.4 Å². The van der Waals surface area contributed by atoms with E-state index < -0.39 is 18.2 Å². The number of imide groups is 1. The summed E-state index contributed by atoms with van der Waals surface area (Å²) in [5.41, 5.74) is 0. The lowest BCUT2D eigenvalue weighted by Crippen LogP contribution is -2.64. The van der Waals surface area contributed by atoms with E-state index in [9.17, 15) is 14.4 Å². The summed E-state index contributed by atoms with van der Waals surface area (Å²) in [5, 5.41) is 2.90. The summed E-state index contributed by atoms with van der Waals surface area (Å²) in [6.07, 6.45) is -0.562. The molecule has 22 heavy (non-hydrogen) atoms. The Bertz CT molecular complexity index is 522. The molecule has 0 bridgehead atoms. The van der Waals surface area contributed by atoms with Crippen LogP contribution in [-0.4, -0.2) is 70.5 Å². The molecular formula is C13H20N4O4S. The average Bonchev–Trinajstić information content (AvgIpc) is 2.83. The Labute approximate surface area is 133 Å². The van der Waals surface area contributed by atoms with Crippen LogP contribution in [0.5, 0.6) is 0 Å². The molecule has 0 aromatic heterocycles. The predicted octanol–water partition coefficient (Wildman–Crippen LogP) is 0.239. The summed E-state index contributed by atoms with van der Waals surface area (Å²) in [7, 11) is 1.60. The minimum absolute atomic E-state index is 0.01000. The number of ether oxygens (including phenoxy) is 1. The van der Waals surface area contributed by atoms with Gasteiger partial charge >= 0.3 is 12.0 Å². The predicted molar refractivity (Wildman–Crippen MR) is 82.4 cm³/mol. The molecule has 8 nitrogen and oxygen atoms in total. The Morgan fingerprint density at radius 1 is 1.45 bits per heavy atom. The number of esters is 1. The van der Waals surface area contributed by atoms with Crippen LogP contribution < -0.4 is 5.32 Å². The molecule has 2 atom stereocenters. The van der Waals surface area contributed by atoms with E-state index in [1.54, 1.807) is 14.0 Å². The third-order valence-corrected chi connectivity index (χ3v) is 4.40. The lowest BCUT2D eigenvalue weighted by atomic mass is 10.1. The molecule has 0 aromatic rings. The fourth-order valence-corrected chi connectivity index (χ4v) is 3.43. The highest BCUT2D eigenvalue weighted by atomic mass is 32.2.